The molecule has 1 aliphatic carbocycles. The van der Waals surface area contributed by atoms with E-state index in [1.165, 1.54) is 0 Å². The molecule has 0 bridgehead atoms. The molecule has 1 aromatic rings. The Morgan fingerprint density at radius 3 is 2.94 bits per heavy atom. The van der Waals surface area contributed by atoms with E-state index in [-0.39, 0.29) is 16.7 Å². The summed E-state index contributed by atoms with van der Waals surface area (Å²) in [7, 11) is 1.72. The van der Waals surface area contributed by atoms with Gasteiger partial charge in [0.1, 0.15) is 5.69 Å². The van der Waals surface area contributed by atoms with Gasteiger partial charge >= 0.3 is 5.69 Å². The Labute approximate surface area is 105 Å². The normalized spacial score (nSPS) is 23.3. The molecule has 1 aliphatic rings. The third kappa shape index (κ3) is 2.17. The maximum absolute atomic E-state index is 11.1. The molecule has 100 valence electrons. The lowest BCUT2D eigenvalue weighted by molar-refractivity contribution is -0.384. The van der Waals surface area contributed by atoms with E-state index < -0.39 is 0 Å². The Bertz CT molecular complexity index is 457. The van der Waals surface area contributed by atoms with E-state index in [9.17, 15) is 10.1 Å². The average molecular weight is 253 g/mol. The number of aromatic nitrogens is 2. The number of rotatable bonds is 4. The molecule has 0 amide bonds. The number of nitro groups is 1. The lowest BCUT2D eigenvalue weighted by Gasteiger charge is -2.20. The molecular formula is C11H19N5O2. The fourth-order valence-corrected chi connectivity index (χ4v) is 2.71. The van der Waals surface area contributed by atoms with Crippen LogP contribution in [0.1, 0.15) is 25.0 Å². The van der Waals surface area contributed by atoms with Crippen molar-refractivity contribution in [2.24, 2.45) is 18.7 Å². The van der Waals surface area contributed by atoms with Crippen molar-refractivity contribution in [1.29, 1.82) is 0 Å². The quantitative estimate of drug-likeness (QED) is 0.620. The zero-order valence-electron chi connectivity index (χ0n) is 10.7. The van der Waals surface area contributed by atoms with Crippen molar-refractivity contribution in [1.82, 2.24) is 9.78 Å². The van der Waals surface area contributed by atoms with E-state index in [4.69, 9.17) is 5.73 Å². The maximum Gasteiger partial charge on any atom is 0.333 e. The first kappa shape index (κ1) is 12.8. The highest BCUT2D eigenvalue weighted by molar-refractivity contribution is 5.60. The van der Waals surface area contributed by atoms with Gasteiger partial charge in [0.25, 0.3) is 0 Å². The monoisotopic (exact) mass is 253 g/mol. The predicted molar refractivity (Wildman–Crippen MR) is 68.4 cm³/mol. The van der Waals surface area contributed by atoms with Crippen molar-refractivity contribution in [2.45, 2.75) is 32.2 Å². The van der Waals surface area contributed by atoms with Gasteiger partial charge in [0.2, 0.25) is 5.82 Å². The van der Waals surface area contributed by atoms with Crippen LogP contribution in [0.25, 0.3) is 0 Å². The molecular weight excluding hydrogens is 234 g/mol. The minimum Gasteiger partial charge on any atom is -0.361 e. The standard InChI is InChI=1S/C11H19N5O2/c1-7-10(16(17)18)11(15(2)14-7)13-9-5-3-4-8(9)6-12/h8-9,13H,3-6,12H2,1-2H3. The summed E-state index contributed by atoms with van der Waals surface area (Å²) in [6.07, 6.45) is 3.20. The minimum absolute atomic E-state index is 0.0696. The van der Waals surface area contributed by atoms with Crippen LogP contribution in [-0.2, 0) is 7.05 Å². The van der Waals surface area contributed by atoms with E-state index in [0.717, 1.165) is 19.3 Å². The molecule has 2 unspecified atom stereocenters. The fourth-order valence-electron chi connectivity index (χ4n) is 2.71. The van der Waals surface area contributed by atoms with Crippen molar-refractivity contribution in [3.05, 3.63) is 15.8 Å². The molecule has 0 saturated heterocycles. The topological polar surface area (TPSA) is 99.0 Å². The smallest absolute Gasteiger partial charge is 0.333 e. The molecule has 0 aliphatic heterocycles. The summed E-state index contributed by atoms with van der Waals surface area (Å²) in [4.78, 5) is 10.7. The molecule has 1 saturated carbocycles. The van der Waals surface area contributed by atoms with Gasteiger partial charge in [-0.15, -0.1) is 0 Å². The van der Waals surface area contributed by atoms with Crippen LogP contribution in [0.3, 0.4) is 0 Å². The van der Waals surface area contributed by atoms with Crippen LogP contribution in [0.15, 0.2) is 0 Å². The van der Waals surface area contributed by atoms with Gasteiger partial charge < -0.3 is 11.1 Å². The van der Waals surface area contributed by atoms with Gasteiger partial charge in [-0.2, -0.15) is 5.10 Å². The van der Waals surface area contributed by atoms with Crippen molar-refractivity contribution in [3.63, 3.8) is 0 Å². The average Bonchev–Trinajstić information content (AvgIpc) is 2.84. The summed E-state index contributed by atoms with van der Waals surface area (Å²) in [5, 5.41) is 18.4. The second-order valence-electron chi connectivity index (χ2n) is 4.84. The minimum atomic E-state index is -0.378. The van der Waals surface area contributed by atoms with Crippen molar-refractivity contribution in [2.75, 3.05) is 11.9 Å². The third-order valence-corrected chi connectivity index (χ3v) is 3.66. The second kappa shape index (κ2) is 4.93. The molecule has 0 spiro atoms. The van der Waals surface area contributed by atoms with Gasteiger partial charge in [-0.25, -0.2) is 4.68 Å². The Balaban J connectivity index is 2.26. The molecule has 0 radical (unpaired) electrons. The van der Waals surface area contributed by atoms with Crippen molar-refractivity contribution >= 4 is 11.5 Å². The van der Waals surface area contributed by atoms with Gasteiger partial charge in [0.05, 0.1) is 4.92 Å². The zero-order chi connectivity index (χ0) is 13.3. The molecule has 7 nitrogen and oxygen atoms in total. The summed E-state index contributed by atoms with van der Waals surface area (Å²) in [6.45, 7) is 2.26. The van der Waals surface area contributed by atoms with Gasteiger partial charge in [-0.3, -0.25) is 10.1 Å². The van der Waals surface area contributed by atoms with Gasteiger partial charge in [0.15, 0.2) is 0 Å². The number of aryl methyl sites for hydroxylation is 2. The molecule has 1 fully saturated rings. The Kier molecular flexibility index (Phi) is 3.51. The predicted octanol–water partition coefficient (Wildman–Crippen LogP) is 1.18. The highest BCUT2D eigenvalue weighted by Crippen LogP contribution is 2.33. The lowest BCUT2D eigenvalue weighted by atomic mass is 10.0. The van der Waals surface area contributed by atoms with Gasteiger partial charge in [-0.05, 0) is 32.2 Å². The number of nitrogens with one attached hydrogen (secondary N) is 1. The van der Waals surface area contributed by atoms with Gasteiger partial charge in [0, 0.05) is 13.1 Å². The Hall–Kier alpha value is -1.63. The van der Waals surface area contributed by atoms with E-state index in [1.807, 2.05) is 0 Å². The first-order valence-electron chi connectivity index (χ1n) is 6.19. The van der Waals surface area contributed by atoms with Crippen LogP contribution >= 0.6 is 0 Å². The number of hydrogen-bond donors (Lipinski definition) is 2. The summed E-state index contributed by atoms with van der Waals surface area (Å²) < 4.78 is 1.54. The van der Waals surface area contributed by atoms with Crippen LogP contribution in [0.2, 0.25) is 0 Å². The molecule has 7 heteroatoms. The van der Waals surface area contributed by atoms with Gasteiger partial charge in [-0.1, -0.05) is 6.42 Å². The first-order chi connectivity index (χ1) is 8.54. The lowest BCUT2D eigenvalue weighted by Crippen LogP contribution is -2.30. The van der Waals surface area contributed by atoms with E-state index in [2.05, 4.69) is 10.4 Å². The Morgan fingerprint density at radius 1 is 1.61 bits per heavy atom. The number of nitrogens with two attached hydrogens (primary N) is 1. The number of hydrogen-bond acceptors (Lipinski definition) is 5. The summed E-state index contributed by atoms with van der Waals surface area (Å²) in [6, 6.07) is 0.212. The number of anilines is 1. The first-order valence-corrected chi connectivity index (χ1v) is 6.19. The van der Waals surface area contributed by atoms with Crippen LogP contribution in [0.4, 0.5) is 11.5 Å². The molecule has 2 rings (SSSR count). The van der Waals surface area contributed by atoms with Crippen LogP contribution in [0, 0.1) is 23.0 Å². The van der Waals surface area contributed by atoms with E-state index in [0.29, 0.717) is 24.0 Å². The molecule has 3 N–H and O–H groups in total. The highest BCUT2D eigenvalue weighted by Gasteiger charge is 2.31. The molecule has 1 heterocycles. The van der Waals surface area contributed by atoms with E-state index in [1.54, 1.807) is 18.7 Å². The molecule has 18 heavy (non-hydrogen) atoms. The van der Waals surface area contributed by atoms with Crippen LogP contribution < -0.4 is 11.1 Å². The molecule has 2 atom stereocenters. The van der Waals surface area contributed by atoms with Crippen LogP contribution in [-0.4, -0.2) is 27.3 Å². The fraction of sp³-hybridized carbons (Fsp3) is 0.727. The van der Waals surface area contributed by atoms with Crippen LogP contribution in [0.5, 0.6) is 0 Å². The maximum atomic E-state index is 11.1. The molecule has 1 aromatic heterocycles. The largest absolute Gasteiger partial charge is 0.361 e. The summed E-state index contributed by atoms with van der Waals surface area (Å²) >= 11 is 0. The molecule has 0 aromatic carbocycles. The zero-order valence-corrected chi connectivity index (χ0v) is 10.7. The third-order valence-electron chi connectivity index (χ3n) is 3.66. The second-order valence-corrected chi connectivity index (χ2v) is 4.84. The summed E-state index contributed by atoms with van der Waals surface area (Å²) in [5.41, 5.74) is 6.23. The number of nitrogens with zero attached hydrogens (tertiary/aromatic N) is 3. The van der Waals surface area contributed by atoms with Crippen molar-refractivity contribution in [3.8, 4) is 0 Å². The van der Waals surface area contributed by atoms with E-state index >= 15 is 0 Å². The highest BCUT2D eigenvalue weighted by atomic mass is 16.6. The SMILES string of the molecule is Cc1nn(C)c(NC2CCCC2CN)c1[N+](=O)[O-]. The Morgan fingerprint density at radius 2 is 2.33 bits per heavy atom. The summed E-state index contributed by atoms with van der Waals surface area (Å²) in [5.74, 6) is 0.877. The van der Waals surface area contributed by atoms with Crippen molar-refractivity contribution < 1.29 is 4.92 Å².